The lowest BCUT2D eigenvalue weighted by Gasteiger charge is -2.19. The molecule has 40 heavy (non-hydrogen) atoms. The van der Waals surface area contributed by atoms with Crippen LogP contribution in [0.2, 0.25) is 0 Å². The summed E-state index contributed by atoms with van der Waals surface area (Å²) >= 11 is 0. The Morgan fingerprint density at radius 1 is 0.925 bits per heavy atom. The summed E-state index contributed by atoms with van der Waals surface area (Å²) in [5.41, 5.74) is 6.23. The Bertz CT molecular complexity index is 1090. The van der Waals surface area contributed by atoms with Crippen molar-refractivity contribution in [2.45, 2.75) is 51.2 Å². The van der Waals surface area contributed by atoms with Crippen molar-refractivity contribution in [3.8, 4) is 0 Å². The maximum absolute atomic E-state index is 12.9. The van der Waals surface area contributed by atoms with E-state index in [1.807, 2.05) is 0 Å². The first-order chi connectivity index (χ1) is 19.2. The average Bonchev–Trinajstić information content (AvgIpc) is 3.25. The quantitative estimate of drug-likeness (QED) is 0.0927. The number of nitrogens with one attached hydrogen (secondary N) is 4. The average molecular weight is 559 g/mol. The summed E-state index contributed by atoms with van der Waals surface area (Å²) in [6.07, 6.45) is 4.82. The van der Waals surface area contributed by atoms with Crippen LogP contribution in [-0.2, 0) is 40.1 Å². The molecule has 1 unspecified atom stereocenters. The van der Waals surface area contributed by atoms with Crippen molar-refractivity contribution in [1.82, 2.24) is 20.9 Å². The Morgan fingerprint density at radius 3 is 2.27 bits per heavy atom. The van der Waals surface area contributed by atoms with Crippen LogP contribution in [-0.4, -0.2) is 72.6 Å². The molecule has 1 aromatic rings. The van der Waals surface area contributed by atoms with Crippen molar-refractivity contribution in [3.63, 3.8) is 0 Å². The van der Waals surface area contributed by atoms with E-state index < -0.39 is 23.9 Å². The third kappa shape index (κ3) is 11.8. The molecule has 0 radical (unpaired) electrons. The molecule has 216 valence electrons. The lowest BCUT2D eigenvalue weighted by Crippen LogP contribution is -2.47. The minimum absolute atomic E-state index is 0.0906. The summed E-state index contributed by atoms with van der Waals surface area (Å²) in [5.74, 6) is -2.11. The van der Waals surface area contributed by atoms with Crippen LogP contribution in [0.4, 0.5) is 10.5 Å². The molecule has 7 amide bonds. The number of unbranched alkanes of at least 4 members (excludes halogenated alkanes) is 2. The van der Waals surface area contributed by atoms with Gasteiger partial charge in [-0.05, 0) is 43.4 Å². The number of hydrogen-bond donors (Lipinski definition) is 5. The monoisotopic (exact) mass is 558 g/mol. The van der Waals surface area contributed by atoms with Crippen LogP contribution < -0.4 is 27.0 Å². The van der Waals surface area contributed by atoms with Crippen LogP contribution in [0.3, 0.4) is 0 Å². The highest BCUT2D eigenvalue weighted by Crippen LogP contribution is 2.12. The number of ether oxygens (including phenoxy) is 1. The van der Waals surface area contributed by atoms with Gasteiger partial charge in [-0.1, -0.05) is 18.6 Å². The molecule has 6 N–H and O–H groups in total. The van der Waals surface area contributed by atoms with Crippen molar-refractivity contribution >= 4 is 47.7 Å². The highest BCUT2D eigenvalue weighted by Gasteiger charge is 2.23. The molecule has 1 aromatic carbocycles. The standard InChI is InChI=1S/C26H34N6O8/c27-26(39)28-13-4-5-20(25(38)30-19-9-7-18(8-10-19)16-40-17-33)31-22(35)15-29-21(34)6-2-1-3-14-32-23(36)11-12-24(32)37/h7-12,17,20H,1-6,13-16H2,(H,29,34)(H,30,38)(H,31,35)(H3,27,28,39). The number of anilines is 1. The number of primary amides is 1. The molecule has 0 fully saturated rings. The van der Waals surface area contributed by atoms with E-state index in [0.717, 1.165) is 10.5 Å². The van der Waals surface area contributed by atoms with Gasteiger partial charge >= 0.3 is 6.03 Å². The smallest absolute Gasteiger partial charge is 0.312 e. The second-order valence-electron chi connectivity index (χ2n) is 8.90. The van der Waals surface area contributed by atoms with Crippen molar-refractivity contribution in [3.05, 3.63) is 42.0 Å². The van der Waals surface area contributed by atoms with Crippen LogP contribution in [0.15, 0.2) is 36.4 Å². The van der Waals surface area contributed by atoms with E-state index in [2.05, 4.69) is 26.0 Å². The number of urea groups is 1. The zero-order chi connectivity index (χ0) is 29.3. The van der Waals surface area contributed by atoms with Crippen LogP contribution >= 0.6 is 0 Å². The molecular formula is C26H34N6O8. The molecule has 0 saturated carbocycles. The Morgan fingerprint density at radius 2 is 1.62 bits per heavy atom. The lowest BCUT2D eigenvalue weighted by atomic mass is 10.1. The second-order valence-corrected chi connectivity index (χ2v) is 8.90. The maximum atomic E-state index is 12.9. The summed E-state index contributed by atoms with van der Waals surface area (Å²) < 4.78 is 4.68. The van der Waals surface area contributed by atoms with Gasteiger partial charge in [0.15, 0.2) is 0 Å². The molecule has 0 saturated heterocycles. The Balaban J connectivity index is 1.77. The van der Waals surface area contributed by atoms with Gasteiger partial charge < -0.3 is 31.7 Å². The van der Waals surface area contributed by atoms with Crippen LogP contribution in [0, 0.1) is 0 Å². The summed E-state index contributed by atoms with van der Waals surface area (Å²) in [7, 11) is 0. The zero-order valence-electron chi connectivity index (χ0n) is 22.0. The van der Waals surface area contributed by atoms with Crippen molar-refractivity contribution in [1.29, 1.82) is 0 Å². The Kier molecular flexibility index (Phi) is 13.3. The van der Waals surface area contributed by atoms with E-state index >= 15 is 0 Å². The Hall–Kier alpha value is -4.75. The van der Waals surface area contributed by atoms with Gasteiger partial charge in [0, 0.05) is 37.3 Å². The van der Waals surface area contributed by atoms with E-state index in [9.17, 15) is 33.6 Å². The van der Waals surface area contributed by atoms with Crippen molar-refractivity contribution < 1.29 is 38.3 Å². The van der Waals surface area contributed by atoms with Gasteiger partial charge in [0.2, 0.25) is 17.7 Å². The second kappa shape index (κ2) is 17.0. The highest BCUT2D eigenvalue weighted by atomic mass is 16.5. The number of imide groups is 1. The third-order valence-electron chi connectivity index (χ3n) is 5.79. The van der Waals surface area contributed by atoms with Gasteiger partial charge in [-0.15, -0.1) is 0 Å². The fraction of sp³-hybridized carbons (Fsp3) is 0.423. The predicted molar refractivity (Wildman–Crippen MR) is 142 cm³/mol. The summed E-state index contributed by atoms with van der Waals surface area (Å²) in [4.78, 5) is 82.9. The molecule has 1 atom stereocenters. The summed E-state index contributed by atoms with van der Waals surface area (Å²) in [5, 5.41) is 10.2. The maximum Gasteiger partial charge on any atom is 0.312 e. The van der Waals surface area contributed by atoms with Crippen molar-refractivity contribution in [2.75, 3.05) is 25.0 Å². The molecule has 0 spiro atoms. The summed E-state index contributed by atoms with van der Waals surface area (Å²) in [6, 6.07) is 4.91. The topological polar surface area (TPSA) is 206 Å². The number of nitrogens with zero attached hydrogens (tertiary/aromatic N) is 1. The SMILES string of the molecule is NC(=O)NCCCC(NC(=O)CNC(=O)CCCCCN1C(=O)C=CC1=O)C(=O)Nc1ccc(COC=O)cc1. The van der Waals surface area contributed by atoms with Gasteiger partial charge in [-0.3, -0.25) is 33.7 Å². The van der Waals surface area contributed by atoms with Gasteiger partial charge in [-0.2, -0.15) is 0 Å². The minimum atomic E-state index is -0.956. The van der Waals surface area contributed by atoms with Crippen LogP contribution in [0.1, 0.15) is 44.1 Å². The fourth-order valence-corrected chi connectivity index (χ4v) is 3.73. The van der Waals surface area contributed by atoms with Gasteiger partial charge in [0.1, 0.15) is 12.6 Å². The highest BCUT2D eigenvalue weighted by molar-refractivity contribution is 6.12. The lowest BCUT2D eigenvalue weighted by molar-refractivity contribution is -0.137. The molecule has 1 aliphatic rings. The molecule has 1 aliphatic heterocycles. The molecule has 14 nitrogen and oxygen atoms in total. The number of amides is 7. The summed E-state index contributed by atoms with van der Waals surface area (Å²) in [6.45, 7) is 0.574. The molecule has 2 rings (SSSR count). The van der Waals surface area contributed by atoms with E-state index in [1.165, 1.54) is 12.2 Å². The van der Waals surface area contributed by atoms with E-state index in [0.29, 0.717) is 37.8 Å². The predicted octanol–water partition coefficient (Wildman–Crippen LogP) is -0.167. The molecule has 1 heterocycles. The molecule has 14 heteroatoms. The van der Waals surface area contributed by atoms with Crippen LogP contribution in [0.25, 0.3) is 0 Å². The van der Waals surface area contributed by atoms with Crippen molar-refractivity contribution in [2.24, 2.45) is 5.73 Å². The van der Waals surface area contributed by atoms with E-state index in [1.54, 1.807) is 24.3 Å². The third-order valence-corrected chi connectivity index (χ3v) is 5.79. The van der Waals surface area contributed by atoms with Gasteiger partial charge in [0.25, 0.3) is 18.3 Å². The number of hydrogen-bond acceptors (Lipinski definition) is 8. The minimum Gasteiger partial charge on any atom is -0.463 e. The Labute approximate surface area is 231 Å². The normalized spacial score (nSPS) is 12.9. The molecule has 0 aliphatic carbocycles. The largest absolute Gasteiger partial charge is 0.463 e. The number of nitrogens with two attached hydrogens (primary N) is 1. The zero-order valence-corrected chi connectivity index (χ0v) is 22.0. The molecule has 0 aromatic heterocycles. The number of carbonyl (C=O) groups is 7. The molecule has 0 bridgehead atoms. The van der Waals surface area contributed by atoms with Gasteiger partial charge in [0.05, 0.1) is 6.54 Å². The fourth-order valence-electron chi connectivity index (χ4n) is 3.73. The number of benzene rings is 1. The van der Waals surface area contributed by atoms with E-state index in [-0.39, 0.29) is 56.8 Å². The number of carbonyl (C=O) groups excluding carboxylic acids is 7. The van der Waals surface area contributed by atoms with E-state index in [4.69, 9.17) is 5.73 Å². The first-order valence-corrected chi connectivity index (χ1v) is 12.8. The first kappa shape index (κ1) is 31.5. The van der Waals surface area contributed by atoms with Gasteiger partial charge in [-0.25, -0.2) is 4.79 Å². The molecular weight excluding hydrogens is 524 g/mol. The first-order valence-electron chi connectivity index (χ1n) is 12.8. The van der Waals surface area contributed by atoms with Crippen LogP contribution in [0.5, 0.6) is 0 Å². The number of rotatable bonds is 18.